The third-order valence-electron chi connectivity index (χ3n) is 4.97. The van der Waals surface area contributed by atoms with Gasteiger partial charge in [0.2, 0.25) is 0 Å². The predicted molar refractivity (Wildman–Crippen MR) is 105 cm³/mol. The van der Waals surface area contributed by atoms with Crippen molar-refractivity contribution in [1.82, 2.24) is 15.1 Å². The fourth-order valence-corrected chi connectivity index (χ4v) is 3.39. The summed E-state index contributed by atoms with van der Waals surface area (Å²) in [5.74, 6) is -0.450. The smallest absolute Gasteiger partial charge is 0.416 e. The van der Waals surface area contributed by atoms with Crippen molar-refractivity contribution in [2.75, 3.05) is 11.9 Å². The normalized spacial score (nSPS) is 15.7. The first-order valence-corrected chi connectivity index (χ1v) is 9.47. The van der Waals surface area contributed by atoms with Crippen LogP contribution in [0.4, 0.5) is 19.0 Å². The molecule has 0 saturated heterocycles. The number of furan rings is 1. The van der Waals surface area contributed by atoms with Crippen LogP contribution in [0.15, 0.2) is 47.2 Å². The van der Waals surface area contributed by atoms with Gasteiger partial charge >= 0.3 is 6.18 Å². The van der Waals surface area contributed by atoms with Crippen LogP contribution in [0.2, 0.25) is 0 Å². The molecule has 0 spiro atoms. The molecule has 0 saturated carbocycles. The molecule has 0 atom stereocenters. The highest BCUT2D eigenvalue weighted by Gasteiger charge is 2.33. The summed E-state index contributed by atoms with van der Waals surface area (Å²) in [4.78, 5) is 25.2. The summed E-state index contributed by atoms with van der Waals surface area (Å²) in [6.07, 6.45) is -1.34. The van der Waals surface area contributed by atoms with Crippen molar-refractivity contribution in [3.05, 3.63) is 65.2 Å². The minimum atomic E-state index is -4.48. The van der Waals surface area contributed by atoms with E-state index in [1.165, 1.54) is 35.3 Å². The number of aromatic nitrogens is 2. The highest BCUT2D eigenvalue weighted by Crippen LogP contribution is 2.31. The lowest BCUT2D eigenvalue weighted by molar-refractivity contribution is -0.137. The highest BCUT2D eigenvalue weighted by molar-refractivity contribution is 6.12. The van der Waals surface area contributed by atoms with Crippen molar-refractivity contribution < 1.29 is 27.2 Å². The molecule has 2 N–H and O–H groups in total. The molecule has 0 fully saturated rings. The van der Waals surface area contributed by atoms with E-state index >= 15 is 0 Å². The van der Waals surface area contributed by atoms with Gasteiger partial charge in [0.1, 0.15) is 12.0 Å². The number of anilines is 1. The molecule has 3 aromatic rings. The predicted octanol–water partition coefficient (Wildman–Crippen LogP) is 4.05. The second-order valence-corrected chi connectivity index (χ2v) is 8.12. The van der Waals surface area contributed by atoms with Gasteiger partial charge in [-0.2, -0.15) is 18.3 Å². The van der Waals surface area contributed by atoms with Gasteiger partial charge in [-0.1, -0.05) is 19.9 Å². The number of nitrogens with zero attached hydrogens (tertiary/aromatic N) is 2. The molecule has 1 aromatic carbocycles. The Balaban J connectivity index is 1.56. The van der Waals surface area contributed by atoms with Crippen LogP contribution in [-0.2, 0) is 12.6 Å². The van der Waals surface area contributed by atoms with Crippen molar-refractivity contribution in [2.45, 2.75) is 26.4 Å². The van der Waals surface area contributed by atoms with Crippen LogP contribution in [0.1, 0.15) is 45.9 Å². The number of hydrogen-bond donors (Lipinski definition) is 2. The minimum absolute atomic E-state index is 0.0684. The molecular formula is C21H19F3N4O3. The highest BCUT2D eigenvalue weighted by atomic mass is 19.4. The minimum Gasteiger partial charge on any atom is -0.468 e. The average Bonchev–Trinajstić information content (AvgIpc) is 3.30. The summed E-state index contributed by atoms with van der Waals surface area (Å²) < 4.78 is 45.5. The molecule has 10 heteroatoms. The Hall–Kier alpha value is -3.56. The number of hydrogen-bond acceptors (Lipinski definition) is 4. The van der Waals surface area contributed by atoms with E-state index in [9.17, 15) is 22.8 Å². The third kappa shape index (κ3) is 4.18. The van der Waals surface area contributed by atoms with Gasteiger partial charge in [0.25, 0.3) is 11.8 Å². The van der Waals surface area contributed by atoms with Crippen LogP contribution in [-0.4, -0.2) is 28.1 Å². The van der Waals surface area contributed by atoms with Crippen LogP contribution < -0.4 is 10.6 Å². The Morgan fingerprint density at radius 2 is 2.06 bits per heavy atom. The van der Waals surface area contributed by atoms with Gasteiger partial charge in [0.05, 0.1) is 22.4 Å². The molecule has 2 amide bonds. The quantitative estimate of drug-likeness (QED) is 0.654. The standard InChI is InChI=1S/C21H19F3N4O3/c1-20(2)9-15-17(19(30)25-11-20)14(10-31-15)18(29)26-16-6-7-28(27-16)13-5-3-4-12(8-13)21(22,23)24/h3-8,10H,9,11H2,1-2H3,(H,25,30)(H,26,27,29). The molecule has 31 heavy (non-hydrogen) atoms. The van der Waals surface area contributed by atoms with Gasteiger partial charge in [-0.05, 0) is 23.6 Å². The molecule has 0 unspecified atom stereocenters. The molecule has 1 aliphatic rings. The molecule has 3 heterocycles. The number of rotatable bonds is 3. The summed E-state index contributed by atoms with van der Waals surface area (Å²) in [5, 5.41) is 9.46. The van der Waals surface area contributed by atoms with E-state index in [-0.39, 0.29) is 28.0 Å². The number of alkyl halides is 3. The van der Waals surface area contributed by atoms with Gasteiger partial charge < -0.3 is 15.1 Å². The first-order valence-electron chi connectivity index (χ1n) is 9.47. The summed E-state index contributed by atoms with van der Waals surface area (Å²) in [6.45, 7) is 4.40. The molecule has 4 rings (SSSR count). The monoisotopic (exact) mass is 432 g/mol. The van der Waals surface area contributed by atoms with Crippen LogP contribution in [0.25, 0.3) is 5.69 Å². The Bertz CT molecular complexity index is 1160. The summed E-state index contributed by atoms with van der Waals surface area (Å²) in [5.41, 5.74) is -0.592. The number of nitrogens with one attached hydrogen (secondary N) is 2. The zero-order valence-electron chi connectivity index (χ0n) is 16.7. The Kier molecular flexibility index (Phi) is 4.87. The number of amides is 2. The first-order chi connectivity index (χ1) is 14.5. The Morgan fingerprint density at radius 3 is 2.81 bits per heavy atom. The molecule has 162 valence electrons. The SMILES string of the molecule is CC1(C)CNC(=O)c2c(C(=O)Nc3ccn(-c4cccc(C(F)(F)F)c4)n3)coc2C1. The van der Waals surface area contributed by atoms with E-state index in [2.05, 4.69) is 15.7 Å². The molecule has 2 aromatic heterocycles. The summed E-state index contributed by atoms with van der Waals surface area (Å²) >= 11 is 0. The number of carbonyl (C=O) groups is 2. The second kappa shape index (κ2) is 7.29. The van der Waals surface area contributed by atoms with Gasteiger partial charge in [-0.3, -0.25) is 9.59 Å². The van der Waals surface area contributed by atoms with Crippen molar-refractivity contribution in [3.63, 3.8) is 0 Å². The second-order valence-electron chi connectivity index (χ2n) is 8.12. The van der Waals surface area contributed by atoms with Crippen LogP contribution in [0, 0.1) is 5.41 Å². The largest absolute Gasteiger partial charge is 0.468 e. The van der Waals surface area contributed by atoms with Gasteiger partial charge in [0.15, 0.2) is 5.82 Å². The van der Waals surface area contributed by atoms with E-state index in [1.807, 2.05) is 13.8 Å². The van der Waals surface area contributed by atoms with Gasteiger partial charge in [0, 0.05) is 25.2 Å². The van der Waals surface area contributed by atoms with Crippen molar-refractivity contribution in [2.24, 2.45) is 5.41 Å². The van der Waals surface area contributed by atoms with E-state index in [4.69, 9.17) is 4.42 Å². The van der Waals surface area contributed by atoms with Crippen LogP contribution in [0.3, 0.4) is 0 Å². The zero-order valence-corrected chi connectivity index (χ0v) is 16.7. The lowest BCUT2D eigenvalue weighted by Gasteiger charge is -2.20. The number of benzene rings is 1. The maximum Gasteiger partial charge on any atom is 0.416 e. The Labute approximate surface area is 175 Å². The fraction of sp³-hybridized carbons (Fsp3) is 0.286. The van der Waals surface area contributed by atoms with Crippen LogP contribution >= 0.6 is 0 Å². The molecule has 0 aliphatic carbocycles. The topological polar surface area (TPSA) is 89.2 Å². The lowest BCUT2D eigenvalue weighted by Crippen LogP contribution is -2.32. The van der Waals surface area contributed by atoms with Crippen molar-refractivity contribution in [3.8, 4) is 5.69 Å². The molecule has 0 bridgehead atoms. The Morgan fingerprint density at radius 1 is 1.29 bits per heavy atom. The maximum absolute atomic E-state index is 12.9. The van der Waals surface area contributed by atoms with E-state index in [0.717, 1.165) is 12.1 Å². The molecule has 7 nitrogen and oxygen atoms in total. The number of carbonyl (C=O) groups excluding carboxylic acids is 2. The van der Waals surface area contributed by atoms with E-state index in [1.54, 1.807) is 0 Å². The zero-order chi connectivity index (χ0) is 22.4. The number of fused-ring (bicyclic) bond motifs is 1. The molecule has 0 radical (unpaired) electrons. The summed E-state index contributed by atoms with van der Waals surface area (Å²) in [6, 6.07) is 6.11. The van der Waals surface area contributed by atoms with Crippen molar-refractivity contribution >= 4 is 17.6 Å². The third-order valence-corrected chi connectivity index (χ3v) is 4.97. The number of halogens is 3. The summed E-state index contributed by atoms with van der Waals surface area (Å²) in [7, 11) is 0. The molecule has 1 aliphatic heterocycles. The molecular weight excluding hydrogens is 413 g/mol. The van der Waals surface area contributed by atoms with Gasteiger partial charge in [-0.15, -0.1) is 0 Å². The van der Waals surface area contributed by atoms with Crippen molar-refractivity contribution in [1.29, 1.82) is 0 Å². The van der Waals surface area contributed by atoms with E-state index < -0.39 is 23.6 Å². The first kappa shape index (κ1) is 20.7. The maximum atomic E-state index is 12.9. The van der Waals surface area contributed by atoms with E-state index in [0.29, 0.717) is 18.7 Å². The van der Waals surface area contributed by atoms with Gasteiger partial charge in [-0.25, -0.2) is 4.68 Å². The lowest BCUT2D eigenvalue weighted by atomic mass is 9.88. The fourth-order valence-electron chi connectivity index (χ4n) is 3.39. The average molecular weight is 432 g/mol. The van der Waals surface area contributed by atoms with Crippen LogP contribution in [0.5, 0.6) is 0 Å².